The van der Waals surface area contributed by atoms with Crippen LogP contribution in [-0.2, 0) is 5.54 Å². The lowest BCUT2D eigenvalue weighted by molar-refractivity contribution is 0.236. The first-order chi connectivity index (χ1) is 11.5. The zero-order chi connectivity index (χ0) is 17.2. The number of aryl methyl sites for hydroxylation is 1. The fraction of sp³-hybridized carbons (Fsp3) is 0.316. The lowest BCUT2D eigenvalue weighted by Crippen LogP contribution is -2.46. The molecule has 24 heavy (non-hydrogen) atoms. The summed E-state index contributed by atoms with van der Waals surface area (Å²) in [5, 5.41) is 5.57. The van der Waals surface area contributed by atoms with Gasteiger partial charge in [-0.05, 0) is 55.2 Å². The first-order valence-corrected chi connectivity index (χ1v) is 8.10. The molecule has 3 nitrogen and oxygen atoms in total. The standard InChI is InChI=1S/C19H20F2N2O/c1-13-4-9-16(21)17(12-13)22-18(24)23-19(10-2-3-11-19)14-5-7-15(20)8-6-14/h4-9,12H,2-3,10-11H2,1H3,(H2,22,23,24). The monoisotopic (exact) mass is 330 g/mol. The lowest BCUT2D eigenvalue weighted by atomic mass is 9.88. The Morgan fingerprint density at radius 2 is 1.71 bits per heavy atom. The van der Waals surface area contributed by atoms with E-state index in [9.17, 15) is 13.6 Å². The number of urea groups is 1. The summed E-state index contributed by atoms with van der Waals surface area (Å²) in [6, 6.07) is 10.3. The molecule has 0 radical (unpaired) electrons. The maximum atomic E-state index is 13.8. The summed E-state index contributed by atoms with van der Waals surface area (Å²) >= 11 is 0. The Bertz CT molecular complexity index is 738. The molecule has 0 saturated heterocycles. The average molecular weight is 330 g/mol. The Hall–Kier alpha value is -2.43. The maximum Gasteiger partial charge on any atom is 0.320 e. The number of carbonyl (C=O) groups is 1. The summed E-state index contributed by atoms with van der Waals surface area (Å²) in [7, 11) is 0. The molecule has 0 bridgehead atoms. The molecule has 0 aliphatic heterocycles. The van der Waals surface area contributed by atoms with Gasteiger partial charge in [0.2, 0.25) is 0 Å². The molecule has 2 amide bonds. The van der Waals surface area contributed by atoms with Gasteiger partial charge in [0.1, 0.15) is 11.6 Å². The molecule has 1 saturated carbocycles. The molecule has 1 fully saturated rings. The van der Waals surface area contributed by atoms with Crippen LogP contribution in [0.4, 0.5) is 19.3 Å². The first kappa shape index (κ1) is 16.4. The Balaban J connectivity index is 1.79. The molecule has 1 aliphatic carbocycles. The van der Waals surface area contributed by atoms with Gasteiger partial charge in [-0.3, -0.25) is 0 Å². The highest BCUT2D eigenvalue weighted by molar-refractivity contribution is 5.90. The molecule has 0 heterocycles. The van der Waals surface area contributed by atoms with Gasteiger partial charge in [-0.25, -0.2) is 13.6 Å². The topological polar surface area (TPSA) is 41.1 Å². The summed E-state index contributed by atoms with van der Waals surface area (Å²) < 4.78 is 27.0. The largest absolute Gasteiger partial charge is 0.328 e. The van der Waals surface area contributed by atoms with Gasteiger partial charge in [-0.2, -0.15) is 0 Å². The van der Waals surface area contributed by atoms with Crippen molar-refractivity contribution in [3.05, 3.63) is 65.2 Å². The molecule has 0 aromatic heterocycles. The molecule has 2 aromatic rings. The zero-order valence-electron chi connectivity index (χ0n) is 13.5. The third-order valence-electron chi connectivity index (χ3n) is 4.58. The number of hydrogen-bond donors (Lipinski definition) is 2. The minimum Gasteiger partial charge on any atom is -0.328 e. The van der Waals surface area contributed by atoms with Crippen LogP contribution in [0.15, 0.2) is 42.5 Å². The summed E-state index contributed by atoms with van der Waals surface area (Å²) in [4.78, 5) is 12.4. The highest BCUT2D eigenvalue weighted by Gasteiger charge is 2.37. The van der Waals surface area contributed by atoms with E-state index in [-0.39, 0.29) is 11.5 Å². The number of benzene rings is 2. The van der Waals surface area contributed by atoms with E-state index < -0.39 is 17.4 Å². The van der Waals surface area contributed by atoms with E-state index in [4.69, 9.17) is 0 Å². The van der Waals surface area contributed by atoms with E-state index in [1.165, 1.54) is 18.2 Å². The molecule has 0 atom stereocenters. The van der Waals surface area contributed by atoms with Crippen LogP contribution in [-0.4, -0.2) is 6.03 Å². The molecular weight excluding hydrogens is 310 g/mol. The van der Waals surface area contributed by atoms with E-state index in [0.29, 0.717) is 0 Å². The summed E-state index contributed by atoms with van der Waals surface area (Å²) in [6.07, 6.45) is 3.53. The quantitative estimate of drug-likeness (QED) is 0.829. The molecule has 2 aromatic carbocycles. The first-order valence-electron chi connectivity index (χ1n) is 8.10. The molecule has 126 valence electrons. The summed E-state index contributed by atoms with van der Waals surface area (Å²) in [6.45, 7) is 1.83. The van der Waals surface area contributed by atoms with Crippen molar-refractivity contribution in [2.75, 3.05) is 5.32 Å². The van der Waals surface area contributed by atoms with Crippen molar-refractivity contribution >= 4 is 11.7 Å². The number of hydrogen-bond acceptors (Lipinski definition) is 1. The molecule has 5 heteroatoms. The van der Waals surface area contributed by atoms with Gasteiger partial charge < -0.3 is 10.6 Å². The highest BCUT2D eigenvalue weighted by atomic mass is 19.1. The predicted octanol–water partition coefficient (Wildman–Crippen LogP) is 4.86. The Morgan fingerprint density at radius 3 is 2.38 bits per heavy atom. The molecule has 1 aliphatic rings. The van der Waals surface area contributed by atoms with Crippen LogP contribution in [0, 0.1) is 18.6 Å². The van der Waals surface area contributed by atoms with Crippen LogP contribution in [0.3, 0.4) is 0 Å². The van der Waals surface area contributed by atoms with Gasteiger partial charge in [0.25, 0.3) is 0 Å². The number of halogens is 2. The van der Waals surface area contributed by atoms with Crippen molar-refractivity contribution < 1.29 is 13.6 Å². The summed E-state index contributed by atoms with van der Waals surface area (Å²) in [5.74, 6) is -0.781. The van der Waals surface area contributed by atoms with Crippen LogP contribution in [0.2, 0.25) is 0 Å². The second-order valence-corrected chi connectivity index (χ2v) is 6.36. The van der Waals surface area contributed by atoms with Crippen molar-refractivity contribution in [3.63, 3.8) is 0 Å². The SMILES string of the molecule is Cc1ccc(F)c(NC(=O)NC2(c3ccc(F)cc3)CCCC2)c1. The van der Waals surface area contributed by atoms with E-state index in [1.807, 2.05) is 6.92 Å². The van der Waals surface area contributed by atoms with Gasteiger partial charge >= 0.3 is 6.03 Å². The Labute approximate surface area is 140 Å². The molecule has 2 N–H and O–H groups in total. The predicted molar refractivity (Wildman–Crippen MR) is 89.8 cm³/mol. The minimum absolute atomic E-state index is 0.153. The van der Waals surface area contributed by atoms with Gasteiger partial charge in [-0.1, -0.05) is 31.0 Å². The molecule has 0 spiro atoms. The van der Waals surface area contributed by atoms with Crippen molar-refractivity contribution in [3.8, 4) is 0 Å². The van der Waals surface area contributed by atoms with Gasteiger partial charge in [0, 0.05) is 0 Å². The number of nitrogens with one attached hydrogen (secondary N) is 2. The van der Waals surface area contributed by atoms with Gasteiger partial charge in [-0.15, -0.1) is 0 Å². The second-order valence-electron chi connectivity index (χ2n) is 6.36. The number of anilines is 1. The lowest BCUT2D eigenvalue weighted by Gasteiger charge is -2.31. The zero-order valence-corrected chi connectivity index (χ0v) is 13.5. The van der Waals surface area contributed by atoms with Crippen LogP contribution in [0.25, 0.3) is 0 Å². The average Bonchev–Trinajstić information content (AvgIpc) is 3.01. The Morgan fingerprint density at radius 1 is 1.04 bits per heavy atom. The van der Waals surface area contributed by atoms with Gasteiger partial charge in [0.15, 0.2) is 0 Å². The highest BCUT2D eigenvalue weighted by Crippen LogP contribution is 2.38. The van der Waals surface area contributed by atoms with Crippen molar-refractivity contribution in [1.29, 1.82) is 0 Å². The van der Waals surface area contributed by atoms with Crippen LogP contribution >= 0.6 is 0 Å². The normalized spacial score (nSPS) is 16.0. The maximum absolute atomic E-state index is 13.8. The number of carbonyl (C=O) groups excluding carboxylic acids is 1. The fourth-order valence-corrected chi connectivity index (χ4v) is 3.34. The second kappa shape index (κ2) is 6.59. The Kier molecular flexibility index (Phi) is 4.51. The minimum atomic E-state index is -0.530. The van der Waals surface area contributed by atoms with Crippen LogP contribution in [0.5, 0.6) is 0 Å². The molecule has 0 unspecified atom stereocenters. The third kappa shape index (κ3) is 3.40. The van der Waals surface area contributed by atoms with E-state index in [0.717, 1.165) is 36.8 Å². The van der Waals surface area contributed by atoms with Crippen molar-refractivity contribution in [1.82, 2.24) is 5.32 Å². The number of amides is 2. The third-order valence-corrected chi connectivity index (χ3v) is 4.58. The van der Waals surface area contributed by atoms with Crippen LogP contribution in [0.1, 0.15) is 36.8 Å². The van der Waals surface area contributed by atoms with E-state index in [2.05, 4.69) is 10.6 Å². The van der Waals surface area contributed by atoms with E-state index >= 15 is 0 Å². The molecule has 3 rings (SSSR count). The fourth-order valence-electron chi connectivity index (χ4n) is 3.34. The molecular formula is C19H20F2N2O. The van der Waals surface area contributed by atoms with Gasteiger partial charge in [0.05, 0.1) is 11.2 Å². The van der Waals surface area contributed by atoms with Crippen LogP contribution < -0.4 is 10.6 Å². The summed E-state index contributed by atoms with van der Waals surface area (Å²) in [5.41, 5.74) is 1.36. The number of rotatable bonds is 3. The van der Waals surface area contributed by atoms with Crippen molar-refractivity contribution in [2.24, 2.45) is 0 Å². The van der Waals surface area contributed by atoms with E-state index in [1.54, 1.807) is 24.3 Å². The van der Waals surface area contributed by atoms with Crippen molar-refractivity contribution in [2.45, 2.75) is 38.1 Å². The smallest absolute Gasteiger partial charge is 0.320 e.